The summed E-state index contributed by atoms with van der Waals surface area (Å²) in [6.07, 6.45) is -0.434. The number of ether oxygens (including phenoxy) is 3. The first-order chi connectivity index (χ1) is 6.31. The molecule has 6 heteroatoms. The third kappa shape index (κ3) is 9.10. The summed E-state index contributed by atoms with van der Waals surface area (Å²) in [6.45, 7) is 3.70. The second kappa shape index (κ2) is 9.28. The van der Waals surface area contributed by atoms with Crippen molar-refractivity contribution in [1.29, 1.82) is 0 Å². The maximum Gasteiger partial charge on any atom is 0.133 e. The molecule has 0 saturated heterocycles. The summed E-state index contributed by atoms with van der Waals surface area (Å²) in [5.41, 5.74) is 8.04. The summed E-state index contributed by atoms with van der Waals surface area (Å²) < 4.78 is 15.0. The fourth-order valence-electron chi connectivity index (χ4n) is 0.628. The van der Waals surface area contributed by atoms with Gasteiger partial charge in [0, 0.05) is 12.0 Å². The first kappa shape index (κ1) is 12.2. The van der Waals surface area contributed by atoms with Crippen LogP contribution in [0.25, 0.3) is 10.4 Å². The van der Waals surface area contributed by atoms with Crippen LogP contribution in [0.1, 0.15) is 6.92 Å². The van der Waals surface area contributed by atoms with Crippen LogP contribution in [-0.4, -0.2) is 39.8 Å². The quantitative estimate of drug-likeness (QED) is 0.250. The Balaban J connectivity index is 3.11. The molecule has 6 nitrogen and oxygen atoms in total. The number of nitrogens with zero attached hydrogens (tertiary/aromatic N) is 3. The number of hydrogen-bond donors (Lipinski definition) is 0. The molecule has 0 fully saturated rings. The average Bonchev–Trinajstić information content (AvgIpc) is 2.11. The highest BCUT2D eigenvalue weighted by Crippen LogP contribution is 1.92. The summed E-state index contributed by atoms with van der Waals surface area (Å²) in [7, 11) is 1.61. The van der Waals surface area contributed by atoms with E-state index in [2.05, 4.69) is 10.0 Å². The molecule has 0 amide bonds. The molecule has 0 aromatic rings. The number of hydrogen-bond acceptors (Lipinski definition) is 4. The Bertz CT molecular complexity index is 159. The van der Waals surface area contributed by atoms with E-state index in [1.54, 1.807) is 14.0 Å². The van der Waals surface area contributed by atoms with Crippen LogP contribution >= 0.6 is 0 Å². The molecule has 0 aliphatic carbocycles. The van der Waals surface area contributed by atoms with Gasteiger partial charge in [0.2, 0.25) is 0 Å². The van der Waals surface area contributed by atoms with Gasteiger partial charge < -0.3 is 14.2 Å². The molecule has 0 rings (SSSR count). The van der Waals surface area contributed by atoms with Gasteiger partial charge in [-0.2, -0.15) is 0 Å². The Hall–Kier alpha value is -0.810. The van der Waals surface area contributed by atoms with Crippen molar-refractivity contribution in [2.24, 2.45) is 5.11 Å². The number of methoxy groups -OCH3 is 1. The van der Waals surface area contributed by atoms with Gasteiger partial charge in [0.05, 0.1) is 26.4 Å². The van der Waals surface area contributed by atoms with E-state index in [1.807, 2.05) is 0 Å². The van der Waals surface area contributed by atoms with Gasteiger partial charge in [-0.3, -0.25) is 0 Å². The van der Waals surface area contributed by atoms with Crippen molar-refractivity contribution >= 4 is 0 Å². The largest absolute Gasteiger partial charge is 0.382 e. The SMILES string of the molecule is COCCOCCOC(C)N=[N+]=[N-]. The lowest BCUT2D eigenvalue weighted by Crippen LogP contribution is -2.12. The maximum atomic E-state index is 8.04. The van der Waals surface area contributed by atoms with Crippen LogP contribution in [0.3, 0.4) is 0 Å². The summed E-state index contributed by atoms with van der Waals surface area (Å²) in [4.78, 5) is 2.60. The zero-order valence-corrected chi connectivity index (χ0v) is 7.97. The van der Waals surface area contributed by atoms with Crippen LogP contribution in [0.2, 0.25) is 0 Å². The topological polar surface area (TPSA) is 76.5 Å². The zero-order chi connectivity index (χ0) is 9.94. The molecule has 0 aromatic carbocycles. The molecule has 76 valence electrons. The van der Waals surface area contributed by atoms with E-state index in [-0.39, 0.29) is 0 Å². The van der Waals surface area contributed by atoms with E-state index in [0.717, 1.165) is 0 Å². The Kier molecular flexibility index (Phi) is 8.70. The number of azide groups is 1. The van der Waals surface area contributed by atoms with Crippen LogP contribution in [0.15, 0.2) is 5.11 Å². The molecular weight excluding hydrogens is 174 g/mol. The molecule has 0 bridgehead atoms. The molecule has 1 atom stereocenters. The van der Waals surface area contributed by atoms with Crippen LogP contribution in [0.5, 0.6) is 0 Å². The van der Waals surface area contributed by atoms with Crippen molar-refractivity contribution in [2.75, 3.05) is 33.5 Å². The smallest absolute Gasteiger partial charge is 0.133 e. The van der Waals surface area contributed by atoms with Crippen LogP contribution in [0, 0.1) is 0 Å². The summed E-state index contributed by atoms with van der Waals surface area (Å²) in [5.74, 6) is 0. The average molecular weight is 189 g/mol. The molecule has 0 N–H and O–H groups in total. The predicted octanol–water partition coefficient (Wildman–Crippen LogP) is 1.32. The molecule has 0 aliphatic rings. The van der Waals surface area contributed by atoms with E-state index in [4.69, 9.17) is 19.7 Å². The standard InChI is InChI=1S/C7H15N3O3/c1-7(9-10-8)13-6-5-12-4-3-11-2/h7H,3-6H2,1-2H3. The molecule has 1 unspecified atom stereocenters. The van der Waals surface area contributed by atoms with Crippen molar-refractivity contribution in [3.63, 3.8) is 0 Å². The fourth-order valence-corrected chi connectivity index (χ4v) is 0.628. The first-order valence-electron chi connectivity index (χ1n) is 4.03. The lowest BCUT2D eigenvalue weighted by molar-refractivity contribution is 0.00182. The lowest BCUT2D eigenvalue weighted by Gasteiger charge is -2.07. The Morgan fingerprint density at radius 1 is 1.31 bits per heavy atom. The van der Waals surface area contributed by atoms with Gasteiger partial charge in [0.25, 0.3) is 0 Å². The minimum absolute atomic E-state index is 0.421. The van der Waals surface area contributed by atoms with Crippen molar-refractivity contribution in [3.8, 4) is 0 Å². The fraction of sp³-hybridized carbons (Fsp3) is 1.00. The van der Waals surface area contributed by atoms with E-state index >= 15 is 0 Å². The minimum atomic E-state index is -0.434. The summed E-state index contributed by atoms with van der Waals surface area (Å²) >= 11 is 0. The molecule has 0 aromatic heterocycles. The lowest BCUT2D eigenvalue weighted by atomic mass is 10.6. The Morgan fingerprint density at radius 3 is 2.62 bits per heavy atom. The molecule has 0 heterocycles. The monoisotopic (exact) mass is 189 g/mol. The van der Waals surface area contributed by atoms with E-state index in [1.165, 1.54) is 0 Å². The maximum absolute atomic E-state index is 8.04. The van der Waals surface area contributed by atoms with Gasteiger partial charge in [-0.1, -0.05) is 5.11 Å². The second-order valence-corrected chi connectivity index (χ2v) is 2.28. The third-order valence-electron chi connectivity index (χ3n) is 1.23. The minimum Gasteiger partial charge on any atom is -0.382 e. The number of rotatable bonds is 8. The molecule has 13 heavy (non-hydrogen) atoms. The van der Waals surface area contributed by atoms with Crippen molar-refractivity contribution < 1.29 is 14.2 Å². The van der Waals surface area contributed by atoms with Gasteiger partial charge in [-0.15, -0.1) is 0 Å². The van der Waals surface area contributed by atoms with Gasteiger partial charge >= 0.3 is 0 Å². The van der Waals surface area contributed by atoms with Gasteiger partial charge in [-0.05, 0) is 12.5 Å². The summed E-state index contributed by atoms with van der Waals surface area (Å²) in [6, 6.07) is 0. The van der Waals surface area contributed by atoms with Crippen LogP contribution in [-0.2, 0) is 14.2 Å². The van der Waals surface area contributed by atoms with Crippen molar-refractivity contribution in [1.82, 2.24) is 0 Å². The molecule has 0 radical (unpaired) electrons. The van der Waals surface area contributed by atoms with Crippen LogP contribution in [0.4, 0.5) is 0 Å². The predicted molar refractivity (Wildman–Crippen MR) is 47.3 cm³/mol. The van der Waals surface area contributed by atoms with Gasteiger partial charge in [0.15, 0.2) is 0 Å². The summed E-state index contributed by atoms with van der Waals surface area (Å²) in [5, 5.41) is 3.34. The third-order valence-corrected chi connectivity index (χ3v) is 1.23. The Morgan fingerprint density at radius 2 is 2.00 bits per heavy atom. The van der Waals surface area contributed by atoms with Crippen molar-refractivity contribution in [3.05, 3.63) is 10.4 Å². The van der Waals surface area contributed by atoms with E-state index in [9.17, 15) is 0 Å². The van der Waals surface area contributed by atoms with Crippen LogP contribution < -0.4 is 0 Å². The van der Waals surface area contributed by atoms with E-state index in [0.29, 0.717) is 26.4 Å². The first-order valence-corrected chi connectivity index (χ1v) is 4.03. The van der Waals surface area contributed by atoms with E-state index < -0.39 is 6.23 Å². The highest BCUT2D eigenvalue weighted by Gasteiger charge is 1.96. The highest BCUT2D eigenvalue weighted by atomic mass is 16.5. The molecule has 0 aliphatic heterocycles. The van der Waals surface area contributed by atoms with Gasteiger partial charge in [0.1, 0.15) is 6.23 Å². The van der Waals surface area contributed by atoms with Crippen molar-refractivity contribution in [2.45, 2.75) is 13.2 Å². The zero-order valence-electron chi connectivity index (χ0n) is 7.97. The second-order valence-electron chi connectivity index (χ2n) is 2.28. The highest BCUT2D eigenvalue weighted by molar-refractivity contribution is 4.47. The Labute approximate surface area is 77.4 Å². The normalized spacial score (nSPS) is 12.2. The van der Waals surface area contributed by atoms with Gasteiger partial charge in [-0.25, -0.2) is 0 Å². The molecule has 0 saturated carbocycles. The molecular formula is C7H15N3O3. The molecule has 0 spiro atoms.